The minimum absolute atomic E-state index is 0.168. The van der Waals surface area contributed by atoms with E-state index >= 15 is 0 Å². The molecule has 7 nitrogen and oxygen atoms in total. The summed E-state index contributed by atoms with van der Waals surface area (Å²) in [6.07, 6.45) is 5.32. The maximum atomic E-state index is 12.4. The van der Waals surface area contributed by atoms with Gasteiger partial charge in [0.1, 0.15) is 5.69 Å². The van der Waals surface area contributed by atoms with Gasteiger partial charge in [0, 0.05) is 23.6 Å². The van der Waals surface area contributed by atoms with Crippen LogP contribution in [0.15, 0.2) is 55.0 Å². The number of anilines is 1. The molecule has 0 spiro atoms. The Labute approximate surface area is 138 Å². The Balaban J connectivity index is 1.77. The Morgan fingerprint density at radius 1 is 1.08 bits per heavy atom. The van der Waals surface area contributed by atoms with E-state index in [1.807, 2.05) is 41.2 Å². The van der Waals surface area contributed by atoms with Crippen molar-refractivity contribution in [1.29, 1.82) is 0 Å². The Morgan fingerprint density at radius 3 is 2.42 bits per heavy atom. The summed E-state index contributed by atoms with van der Waals surface area (Å²) in [4.78, 5) is 20.4. The minimum atomic E-state index is -0.277. The number of amides is 1. The molecule has 7 heteroatoms. The SMILES string of the molecule is COc1ncc(NC(=O)c2ccc(-n3cccc3)cc2)c(OC)n1. The van der Waals surface area contributed by atoms with Gasteiger partial charge in [-0.3, -0.25) is 4.79 Å². The van der Waals surface area contributed by atoms with Gasteiger partial charge in [0.2, 0.25) is 5.88 Å². The number of nitrogens with one attached hydrogen (secondary N) is 1. The topological polar surface area (TPSA) is 78.3 Å². The average Bonchev–Trinajstić information content (AvgIpc) is 3.16. The molecule has 0 fully saturated rings. The van der Waals surface area contributed by atoms with Crippen molar-refractivity contribution in [1.82, 2.24) is 14.5 Å². The normalized spacial score (nSPS) is 10.2. The third-order valence-electron chi connectivity index (χ3n) is 3.39. The molecule has 0 aliphatic rings. The molecule has 0 saturated carbocycles. The van der Waals surface area contributed by atoms with E-state index in [0.717, 1.165) is 5.69 Å². The van der Waals surface area contributed by atoms with Crippen LogP contribution in [0.2, 0.25) is 0 Å². The van der Waals surface area contributed by atoms with Crippen LogP contribution in [-0.4, -0.2) is 34.7 Å². The Bertz CT molecular complexity index is 830. The first kappa shape index (κ1) is 15.5. The summed E-state index contributed by atoms with van der Waals surface area (Å²) in [5, 5.41) is 2.73. The highest BCUT2D eigenvalue weighted by Crippen LogP contribution is 2.23. The molecule has 0 radical (unpaired) electrons. The predicted molar refractivity (Wildman–Crippen MR) is 88.9 cm³/mol. The molecule has 0 atom stereocenters. The highest BCUT2D eigenvalue weighted by Gasteiger charge is 2.13. The smallest absolute Gasteiger partial charge is 0.319 e. The molecule has 24 heavy (non-hydrogen) atoms. The predicted octanol–water partition coefficient (Wildman–Crippen LogP) is 2.54. The van der Waals surface area contributed by atoms with Crippen LogP contribution in [0, 0.1) is 0 Å². The Morgan fingerprint density at radius 2 is 1.79 bits per heavy atom. The van der Waals surface area contributed by atoms with E-state index in [0.29, 0.717) is 11.3 Å². The van der Waals surface area contributed by atoms with Crippen molar-refractivity contribution in [2.75, 3.05) is 19.5 Å². The van der Waals surface area contributed by atoms with E-state index in [-0.39, 0.29) is 17.8 Å². The molecule has 0 saturated heterocycles. The van der Waals surface area contributed by atoms with E-state index in [2.05, 4.69) is 15.3 Å². The van der Waals surface area contributed by atoms with Crippen molar-refractivity contribution >= 4 is 11.6 Å². The van der Waals surface area contributed by atoms with E-state index < -0.39 is 0 Å². The first-order chi connectivity index (χ1) is 11.7. The van der Waals surface area contributed by atoms with Gasteiger partial charge < -0.3 is 19.4 Å². The molecule has 0 aliphatic heterocycles. The molecule has 1 amide bonds. The second kappa shape index (κ2) is 6.82. The minimum Gasteiger partial charge on any atom is -0.479 e. The summed E-state index contributed by atoms with van der Waals surface area (Å²) < 4.78 is 12.0. The van der Waals surface area contributed by atoms with Gasteiger partial charge in [0.25, 0.3) is 5.91 Å². The summed E-state index contributed by atoms with van der Waals surface area (Å²) in [5.41, 5.74) is 1.86. The molecule has 0 bridgehead atoms. The fourth-order valence-electron chi connectivity index (χ4n) is 2.18. The van der Waals surface area contributed by atoms with Crippen molar-refractivity contribution in [3.05, 3.63) is 60.6 Å². The molecule has 2 aromatic heterocycles. The van der Waals surface area contributed by atoms with Crippen LogP contribution in [0.4, 0.5) is 5.69 Å². The van der Waals surface area contributed by atoms with Crippen molar-refractivity contribution in [3.63, 3.8) is 0 Å². The van der Waals surface area contributed by atoms with E-state index in [4.69, 9.17) is 9.47 Å². The van der Waals surface area contributed by atoms with E-state index in [1.165, 1.54) is 20.4 Å². The molecular formula is C17H16N4O3. The second-order valence-corrected chi connectivity index (χ2v) is 4.87. The number of ether oxygens (including phenoxy) is 2. The van der Waals surface area contributed by atoms with E-state index in [1.54, 1.807) is 12.1 Å². The molecule has 0 aliphatic carbocycles. The Hall–Kier alpha value is -3.35. The van der Waals surface area contributed by atoms with Crippen LogP contribution in [0.1, 0.15) is 10.4 Å². The number of hydrogen-bond donors (Lipinski definition) is 1. The lowest BCUT2D eigenvalue weighted by atomic mass is 10.2. The zero-order valence-corrected chi connectivity index (χ0v) is 13.3. The molecule has 3 rings (SSSR count). The zero-order chi connectivity index (χ0) is 16.9. The van der Waals surface area contributed by atoms with Gasteiger partial charge in [-0.1, -0.05) is 0 Å². The maximum Gasteiger partial charge on any atom is 0.319 e. The number of aromatic nitrogens is 3. The van der Waals surface area contributed by atoms with Crippen LogP contribution in [0.25, 0.3) is 5.69 Å². The van der Waals surface area contributed by atoms with Crippen LogP contribution in [0.3, 0.4) is 0 Å². The van der Waals surface area contributed by atoms with Crippen LogP contribution < -0.4 is 14.8 Å². The lowest BCUT2D eigenvalue weighted by Crippen LogP contribution is -2.13. The average molecular weight is 324 g/mol. The molecule has 2 heterocycles. The van der Waals surface area contributed by atoms with Crippen molar-refractivity contribution in [3.8, 4) is 17.6 Å². The highest BCUT2D eigenvalue weighted by atomic mass is 16.5. The standard InChI is InChI=1S/C17H16N4O3/c1-23-16-14(11-18-17(20-16)24-2)19-15(22)12-5-7-13(8-6-12)21-9-3-4-10-21/h3-11H,1-2H3,(H,19,22). The summed E-state index contributed by atoms with van der Waals surface area (Å²) in [6, 6.07) is 11.3. The summed E-state index contributed by atoms with van der Waals surface area (Å²) in [6.45, 7) is 0. The largest absolute Gasteiger partial charge is 0.479 e. The van der Waals surface area contributed by atoms with Gasteiger partial charge >= 0.3 is 6.01 Å². The van der Waals surface area contributed by atoms with E-state index in [9.17, 15) is 4.79 Å². The van der Waals surface area contributed by atoms with Crippen LogP contribution in [0.5, 0.6) is 11.9 Å². The van der Waals surface area contributed by atoms with Gasteiger partial charge in [-0.05, 0) is 36.4 Å². The summed E-state index contributed by atoms with van der Waals surface area (Å²) in [5.74, 6) is -0.0414. The molecule has 122 valence electrons. The third kappa shape index (κ3) is 3.19. The summed E-state index contributed by atoms with van der Waals surface area (Å²) in [7, 11) is 2.92. The van der Waals surface area contributed by atoms with Crippen molar-refractivity contribution < 1.29 is 14.3 Å². The van der Waals surface area contributed by atoms with Gasteiger partial charge in [-0.25, -0.2) is 4.98 Å². The fourth-order valence-corrected chi connectivity index (χ4v) is 2.18. The molecule has 3 aromatic rings. The monoisotopic (exact) mass is 324 g/mol. The maximum absolute atomic E-state index is 12.4. The van der Waals surface area contributed by atoms with Crippen molar-refractivity contribution in [2.24, 2.45) is 0 Å². The number of hydrogen-bond acceptors (Lipinski definition) is 5. The molecule has 1 aromatic carbocycles. The second-order valence-electron chi connectivity index (χ2n) is 4.87. The van der Waals surface area contributed by atoms with Gasteiger partial charge in [-0.15, -0.1) is 0 Å². The lowest BCUT2D eigenvalue weighted by Gasteiger charge is -2.10. The molecule has 0 unspecified atom stereocenters. The number of nitrogens with zero attached hydrogens (tertiary/aromatic N) is 3. The van der Waals surface area contributed by atoms with Gasteiger partial charge in [-0.2, -0.15) is 4.98 Å². The third-order valence-corrected chi connectivity index (χ3v) is 3.39. The Kier molecular flexibility index (Phi) is 4.42. The summed E-state index contributed by atoms with van der Waals surface area (Å²) >= 11 is 0. The van der Waals surface area contributed by atoms with Crippen LogP contribution >= 0.6 is 0 Å². The van der Waals surface area contributed by atoms with Gasteiger partial charge in [0.15, 0.2) is 0 Å². The molecular weight excluding hydrogens is 308 g/mol. The fraction of sp³-hybridized carbons (Fsp3) is 0.118. The lowest BCUT2D eigenvalue weighted by molar-refractivity contribution is 0.102. The number of benzene rings is 1. The van der Waals surface area contributed by atoms with Gasteiger partial charge in [0.05, 0.1) is 20.4 Å². The van der Waals surface area contributed by atoms with Crippen LogP contribution in [-0.2, 0) is 0 Å². The first-order valence-electron chi connectivity index (χ1n) is 7.21. The number of rotatable bonds is 5. The number of carbonyl (C=O) groups is 1. The molecule has 1 N–H and O–H groups in total. The zero-order valence-electron chi connectivity index (χ0n) is 13.3. The first-order valence-corrected chi connectivity index (χ1v) is 7.21. The quantitative estimate of drug-likeness (QED) is 0.780. The number of carbonyl (C=O) groups excluding carboxylic acids is 1. The highest BCUT2D eigenvalue weighted by molar-refractivity contribution is 6.04. The number of methoxy groups -OCH3 is 2. The van der Waals surface area contributed by atoms with Crippen molar-refractivity contribution in [2.45, 2.75) is 0 Å².